The molecule has 0 bridgehead atoms. The second kappa shape index (κ2) is 7.60. The molecule has 2 nitrogen and oxygen atoms in total. The van der Waals surface area contributed by atoms with Crippen LogP contribution in [0.1, 0.15) is 29.1 Å². The number of rotatable bonds is 7. The van der Waals surface area contributed by atoms with Crippen LogP contribution in [0.3, 0.4) is 0 Å². The second-order valence-corrected chi connectivity index (χ2v) is 5.77. The highest BCUT2D eigenvalue weighted by Crippen LogP contribution is 2.20. The zero-order valence-corrected chi connectivity index (χ0v) is 12.9. The van der Waals surface area contributed by atoms with E-state index < -0.39 is 0 Å². The quantitative estimate of drug-likeness (QED) is 0.544. The Morgan fingerprint density at radius 1 is 1.35 bits per heavy atom. The minimum Gasteiger partial charge on any atom is -0.491 e. The Hall–Kier alpha value is -1.13. The van der Waals surface area contributed by atoms with E-state index in [0.29, 0.717) is 23.8 Å². The summed E-state index contributed by atoms with van der Waals surface area (Å²) in [5.41, 5.74) is 1.55. The predicted octanol–water partition coefficient (Wildman–Crippen LogP) is 4.73. The van der Waals surface area contributed by atoms with Crippen LogP contribution >= 0.6 is 22.9 Å². The minimum absolute atomic E-state index is 0.265. The molecular weight excluding hydrogens is 297 g/mol. The van der Waals surface area contributed by atoms with Gasteiger partial charge in [0.1, 0.15) is 0 Å². The van der Waals surface area contributed by atoms with Gasteiger partial charge in [0.25, 0.3) is 0 Å². The standard InChI is InChI=1S/C15H17ClFNOS/c1-11-5-4-6-13(15(11)17)19-8-3-2-7-14-18-12(9-16)10-20-14/h4-6,10H,2-3,7-9H2,1H3. The number of halogens is 2. The molecule has 0 saturated heterocycles. The van der Waals surface area contributed by atoms with Crippen molar-refractivity contribution in [2.24, 2.45) is 0 Å². The molecule has 0 spiro atoms. The summed E-state index contributed by atoms with van der Waals surface area (Å²) in [4.78, 5) is 4.40. The first-order valence-electron chi connectivity index (χ1n) is 6.58. The minimum atomic E-state index is -0.265. The van der Waals surface area contributed by atoms with E-state index >= 15 is 0 Å². The maximum atomic E-state index is 13.7. The Kier molecular flexibility index (Phi) is 5.80. The smallest absolute Gasteiger partial charge is 0.167 e. The van der Waals surface area contributed by atoms with Gasteiger partial charge in [-0.15, -0.1) is 22.9 Å². The summed E-state index contributed by atoms with van der Waals surface area (Å²) in [6, 6.07) is 5.20. The van der Waals surface area contributed by atoms with Gasteiger partial charge in [0.05, 0.1) is 23.2 Å². The van der Waals surface area contributed by atoms with E-state index in [1.165, 1.54) is 0 Å². The number of aromatic nitrogens is 1. The summed E-state index contributed by atoms with van der Waals surface area (Å²) >= 11 is 7.34. The molecule has 1 heterocycles. The molecule has 0 aliphatic rings. The lowest BCUT2D eigenvalue weighted by molar-refractivity contribution is 0.291. The summed E-state index contributed by atoms with van der Waals surface area (Å²) in [5.74, 6) is 0.537. The number of hydrogen-bond acceptors (Lipinski definition) is 3. The number of unbranched alkanes of at least 4 members (excludes halogenated alkanes) is 1. The average Bonchev–Trinajstić information content (AvgIpc) is 2.91. The van der Waals surface area contributed by atoms with Gasteiger partial charge in [-0.1, -0.05) is 12.1 Å². The number of thiazole rings is 1. The van der Waals surface area contributed by atoms with Crippen LogP contribution in [0, 0.1) is 12.7 Å². The van der Waals surface area contributed by atoms with Crippen LogP contribution in [0.2, 0.25) is 0 Å². The Bertz CT molecular complexity index is 559. The first-order chi connectivity index (χ1) is 9.70. The van der Waals surface area contributed by atoms with Crippen molar-refractivity contribution in [1.82, 2.24) is 4.98 Å². The largest absolute Gasteiger partial charge is 0.491 e. The number of hydrogen-bond donors (Lipinski definition) is 0. The number of ether oxygens (including phenoxy) is 1. The van der Waals surface area contributed by atoms with Gasteiger partial charge in [-0.25, -0.2) is 9.37 Å². The molecule has 0 aliphatic carbocycles. The number of aryl methyl sites for hydroxylation is 2. The normalized spacial score (nSPS) is 10.8. The molecule has 0 saturated carbocycles. The van der Waals surface area contributed by atoms with Crippen LogP contribution in [0.25, 0.3) is 0 Å². The fraction of sp³-hybridized carbons (Fsp3) is 0.400. The van der Waals surface area contributed by atoms with E-state index in [1.54, 1.807) is 36.5 Å². The predicted molar refractivity (Wildman–Crippen MR) is 81.2 cm³/mol. The van der Waals surface area contributed by atoms with Crippen LogP contribution in [0.15, 0.2) is 23.6 Å². The molecule has 0 radical (unpaired) electrons. The van der Waals surface area contributed by atoms with E-state index in [2.05, 4.69) is 4.98 Å². The Morgan fingerprint density at radius 2 is 2.20 bits per heavy atom. The van der Waals surface area contributed by atoms with Gasteiger partial charge in [-0.3, -0.25) is 0 Å². The summed E-state index contributed by atoms with van der Waals surface area (Å²) < 4.78 is 19.1. The summed E-state index contributed by atoms with van der Waals surface area (Å²) in [6.45, 7) is 2.26. The van der Waals surface area contributed by atoms with Crippen molar-refractivity contribution in [1.29, 1.82) is 0 Å². The van der Waals surface area contributed by atoms with Gasteiger partial charge in [-0.05, 0) is 37.8 Å². The van der Waals surface area contributed by atoms with Gasteiger partial charge in [0, 0.05) is 5.38 Å². The van der Waals surface area contributed by atoms with E-state index in [1.807, 2.05) is 5.38 Å². The Labute approximate surface area is 127 Å². The Morgan fingerprint density at radius 3 is 2.95 bits per heavy atom. The summed E-state index contributed by atoms with van der Waals surface area (Å²) in [5, 5.41) is 3.09. The Balaban J connectivity index is 1.70. The maximum Gasteiger partial charge on any atom is 0.167 e. The first-order valence-corrected chi connectivity index (χ1v) is 7.99. The third kappa shape index (κ3) is 4.18. The molecule has 0 aliphatic heterocycles. The van der Waals surface area contributed by atoms with E-state index in [9.17, 15) is 4.39 Å². The number of nitrogens with zero attached hydrogens (tertiary/aromatic N) is 1. The van der Waals surface area contributed by atoms with Gasteiger partial charge >= 0.3 is 0 Å². The molecule has 0 amide bonds. The van der Waals surface area contributed by atoms with Crippen LogP contribution in [-0.4, -0.2) is 11.6 Å². The lowest BCUT2D eigenvalue weighted by Crippen LogP contribution is -2.01. The fourth-order valence-electron chi connectivity index (χ4n) is 1.82. The third-order valence-corrected chi connectivity index (χ3v) is 4.17. The maximum absolute atomic E-state index is 13.7. The van der Waals surface area contributed by atoms with Crippen molar-refractivity contribution in [2.75, 3.05) is 6.61 Å². The van der Waals surface area contributed by atoms with Crippen LogP contribution in [0.5, 0.6) is 5.75 Å². The molecule has 1 aromatic heterocycles. The molecule has 0 N–H and O–H groups in total. The molecule has 2 aromatic rings. The van der Waals surface area contributed by atoms with Crippen LogP contribution < -0.4 is 4.74 Å². The topological polar surface area (TPSA) is 22.1 Å². The monoisotopic (exact) mass is 313 g/mol. The molecule has 0 unspecified atom stereocenters. The summed E-state index contributed by atoms with van der Waals surface area (Å²) in [7, 11) is 0. The molecule has 5 heteroatoms. The third-order valence-electron chi connectivity index (χ3n) is 2.94. The molecule has 1 aromatic carbocycles. The molecule has 0 atom stereocenters. The van der Waals surface area contributed by atoms with Gasteiger partial charge in [0.15, 0.2) is 11.6 Å². The lowest BCUT2D eigenvalue weighted by atomic mass is 10.2. The van der Waals surface area contributed by atoms with Crippen LogP contribution in [-0.2, 0) is 12.3 Å². The van der Waals surface area contributed by atoms with Crippen molar-refractivity contribution < 1.29 is 9.13 Å². The van der Waals surface area contributed by atoms with Crippen molar-refractivity contribution in [3.05, 3.63) is 45.7 Å². The molecule has 108 valence electrons. The number of alkyl halides is 1. The average molecular weight is 314 g/mol. The molecule has 20 heavy (non-hydrogen) atoms. The second-order valence-electron chi connectivity index (χ2n) is 4.56. The molecular formula is C15H17ClFNOS. The SMILES string of the molecule is Cc1cccc(OCCCCc2nc(CCl)cs2)c1F. The first kappa shape index (κ1) is 15.3. The van der Waals surface area contributed by atoms with E-state index in [0.717, 1.165) is 30.0 Å². The highest BCUT2D eigenvalue weighted by Gasteiger charge is 2.05. The van der Waals surface area contributed by atoms with E-state index in [4.69, 9.17) is 16.3 Å². The van der Waals surface area contributed by atoms with E-state index in [-0.39, 0.29) is 5.82 Å². The van der Waals surface area contributed by atoms with Gasteiger partial charge in [0.2, 0.25) is 0 Å². The molecule has 2 rings (SSSR count). The van der Waals surface area contributed by atoms with Crippen LogP contribution in [0.4, 0.5) is 4.39 Å². The van der Waals surface area contributed by atoms with Crippen molar-refractivity contribution in [2.45, 2.75) is 32.1 Å². The zero-order valence-electron chi connectivity index (χ0n) is 11.4. The highest BCUT2D eigenvalue weighted by atomic mass is 35.5. The molecule has 0 fully saturated rings. The highest BCUT2D eigenvalue weighted by molar-refractivity contribution is 7.09. The lowest BCUT2D eigenvalue weighted by Gasteiger charge is -2.08. The van der Waals surface area contributed by atoms with Gasteiger partial charge in [-0.2, -0.15) is 0 Å². The fourth-order valence-corrected chi connectivity index (χ4v) is 2.89. The zero-order chi connectivity index (χ0) is 14.4. The number of benzene rings is 1. The van der Waals surface area contributed by atoms with Crippen molar-refractivity contribution >= 4 is 22.9 Å². The summed E-state index contributed by atoms with van der Waals surface area (Å²) in [6.07, 6.45) is 2.77. The van der Waals surface area contributed by atoms with Gasteiger partial charge < -0.3 is 4.74 Å². The van der Waals surface area contributed by atoms with Crippen molar-refractivity contribution in [3.8, 4) is 5.75 Å². The van der Waals surface area contributed by atoms with Crippen molar-refractivity contribution in [3.63, 3.8) is 0 Å².